The van der Waals surface area contributed by atoms with Crippen molar-refractivity contribution in [1.82, 2.24) is 5.32 Å². The summed E-state index contributed by atoms with van der Waals surface area (Å²) in [6.45, 7) is 17.9. The van der Waals surface area contributed by atoms with Crippen LogP contribution in [0.4, 0.5) is 0 Å². The Kier molecular flexibility index (Phi) is 9.78. The quantitative estimate of drug-likeness (QED) is 0.0638. The summed E-state index contributed by atoms with van der Waals surface area (Å²) in [6.07, 6.45) is 0.967. The third kappa shape index (κ3) is 8.26. The van der Waals surface area contributed by atoms with Crippen LogP contribution in [0, 0.1) is 24.8 Å². The summed E-state index contributed by atoms with van der Waals surface area (Å²) in [7, 11) is 0. The molecule has 0 saturated heterocycles. The molecular formula is C31H41N5OS2. The topological polar surface area (TPSA) is 104 Å². The monoisotopic (exact) mass is 563 g/mol. The largest absolute Gasteiger partial charge is 0.344 e. The maximum atomic E-state index is 12.7. The van der Waals surface area contributed by atoms with E-state index in [1.54, 1.807) is 0 Å². The van der Waals surface area contributed by atoms with Crippen molar-refractivity contribution in [2.24, 2.45) is 21.5 Å². The molecule has 0 bridgehead atoms. The number of amides is 1. The fourth-order valence-corrected chi connectivity index (χ4v) is 7.30. The molecule has 1 amide bonds. The molecule has 3 rings (SSSR count). The molecule has 0 aliphatic heterocycles. The second-order valence-electron chi connectivity index (χ2n) is 12.2. The predicted molar refractivity (Wildman–Crippen MR) is 166 cm³/mol. The van der Waals surface area contributed by atoms with Gasteiger partial charge >= 0.3 is 0 Å². The molecule has 0 fully saturated rings. The van der Waals surface area contributed by atoms with Crippen LogP contribution < -0.4 is 11.2 Å². The lowest BCUT2D eigenvalue weighted by Gasteiger charge is -2.25. The smallest absolute Gasteiger partial charge is 0.261 e. The fourth-order valence-electron chi connectivity index (χ4n) is 4.51. The van der Waals surface area contributed by atoms with Gasteiger partial charge in [-0.2, -0.15) is 5.10 Å². The number of hydrogen-bond donors (Lipinski definition) is 3. The maximum absolute atomic E-state index is 12.7. The Balaban J connectivity index is 1.86. The van der Waals surface area contributed by atoms with E-state index in [4.69, 9.17) is 11.4 Å². The molecular weight excluding hydrogens is 523 g/mol. The number of rotatable bonds is 8. The van der Waals surface area contributed by atoms with Gasteiger partial charge in [-0.15, -0.1) is 28.2 Å². The highest BCUT2D eigenvalue weighted by Crippen LogP contribution is 2.46. The lowest BCUT2D eigenvalue weighted by Crippen LogP contribution is -2.28. The zero-order valence-corrected chi connectivity index (χ0v) is 25.9. The van der Waals surface area contributed by atoms with Gasteiger partial charge in [0.25, 0.3) is 5.91 Å². The fraction of sp³-hybridized carbons (Fsp3) is 0.419. The maximum Gasteiger partial charge on any atom is 0.261 e. The summed E-state index contributed by atoms with van der Waals surface area (Å²) < 4.78 is 0. The molecule has 2 aromatic carbocycles. The van der Waals surface area contributed by atoms with Gasteiger partial charge in [0.1, 0.15) is 0 Å². The number of hydrogen-bond acceptors (Lipinski definition) is 6. The second-order valence-corrected chi connectivity index (χ2v) is 14.6. The van der Waals surface area contributed by atoms with Crippen LogP contribution in [0.3, 0.4) is 0 Å². The van der Waals surface area contributed by atoms with Gasteiger partial charge in [0.2, 0.25) is 0 Å². The number of nitrogens with zero attached hydrogens (tertiary/aromatic N) is 2. The van der Waals surface area contributed by atoms with Crippen LogP contribution in [-0.4, -0.2) is 18.3 Å². The third-order valence-electron chi connectivity index (χ3n) is 6.47. The van der Waals surface area contributed by atoms with Crippen molar-refractivity contribution in [2.75, 3.05) is 6.54 Å². The van der Waals surface area contributed by atoms with Crippen molar-refractivity contribution in [3.8, 4) is 11.1 Å². The number of nitrogens with one attached hydrogen (secondary N) is 2. The molecule has 0 aliphatic rings. The Morgan fingerprint density at radius 3 is 2.15 bits per heavy atom. The number of aryl methyl sites for hydroxylation is 2. The first-order valence-electron chi connectivity index (χ1n) is 13.1. The van der Waals surface area contributed by atoms with Crippen molar-refractivity contribution in [1.29, 1.82) is 5.53 Å². The van der Waals surface area contributed by atoms with Crippen molar-refractivity contribution in [2.45, 2.75) is 77.4 Å². The highest BCUT2D eigenvalue weighted by molar-refractivity contribution is 7.99. The predicted octanol–water partition coefficient (Wildman–Crippen LogP) is 8.63. The highest BCUT2D eigenvalue weighted by Gasteiger charge is 2.25. The molecule has 0 aliphatic carbocycles. The molecule has 1 aromatic heterocycles. The molecule has 1 unspecified atom stereocenters. The Morgan fingerprint density at radius 2 is 1.64 bits per heavy atom. The van der Waals surface area contributed by atoms with Crippen LogP contribution in [0.15, 0.2) is 63.6 Å². The standard InChI is InChI=1S/C31H41N5OS2/c1-19-15-23(16-20(2)28(19)21-9-11-22(12-10-21)31(6,7)8)38-26(17-30(3,4)5)24-13-14-25(39-24)29(37)34-18-27(35-32)36-33/h9-16,26,32H,17-18,33H2,1-8H3,(H,34,37)/b35-32?,36-27-. The molecule has 39 heavy (non-hydrogen) atoms. The lowest BCUT2D eigenvalue weighted by atomic mass is 9.85. The normalized spacial score (nSPS) is 13.3. The van der Waals surface area contributed by atoms with Gasteiger partial charge in [-0.1, -0.05) is 65.8 Å². The van der Waals surface area contributed by atoms with Gasteiger partial charge in [0.15, 0.2) is 5.84 Å². The van der Waals surface area contributed by atoms with Gasteiger partial charge in [-0.3, -0.25) is 4.79 Å². The summed E-state index contributed by atoms with van der Waals surface area (Å²) in [5.74, 6) is 5.04. The molecule has 0 spiro atoms. The summed E-state index contributed by atoms with van der Waals surface area (Å²) in [6, 6.07) is 17.5. The van der Waals surface area contributed by atoms with Crippen LogP contribution in [0.2, 0.25) is 0 Å². The third-order valence-corrected chi connectivity index (χ3v) is 9.03. The number of thiophene rings is 1. The van der Waals surface area contributed by atoms with E-state index in [-0.39, 0.29) is 34.4 Å². The summed E-state index contributed by atoms with van der Waals surface area (Å²) >= 11 is 3.37. The molecule has 0 saturated carbocycles. The molecule has 0 radical (unpaired) electrons. The average Bonchev–Trinajstić information content (AvgIpc) is 3.33. The van der Waals surface area contributed by atoms with E-state index < -0.39 is 0 Å². The number of thioether (sulfide) groups is 1. The summed E-state index contributed by atoms with van der Waals surface area (Å²) in [5, 5.41) is 9.54. The van der Waals surface area contributed by atoms with E-state index in [2.05, 4.69) is 113 Å². The first kappa shape index (κ1) is 30.6. The van der Waals surface area contributed by atoms with Crippen LogP contribution in [0.5, 0.6) is 0 Å². The molecule has 3 aromatic rings. The Labute approximate surface area is 241 Å². The molecule has 6 nitrogen and oxygen atoms in total. The van der Waals surface area contributed by atoms with Crippen LogP contribution >= 0.6 is 23.1 Å². The van der Waals surface area contributed by atoms with Crippen molar-refractivity contribution in [3.63, 3.8) is 0 Å². The van der Waals surface area contributed by atoms with Gasteiger partial charge < -0.3 is 11.2 Å². The molecule has 4 N–H and O–H groups in total. The minimum Gasteiger partial charge on any atom is -0.344 e. The van der Waals surface area contributed by atoms with Crippen LogP contribution in [0.1, 0.15) is 84.5 Å². The van der Waals surface area contributed by atoms with E-state index in [0.717, 1.165) is 11.3 Å². The van der Waals surface area contributed by atoms with Crippen molar-refractivity contribution < 1.29 is 4.79 Å². The number of benzene rings is 2. The van der Waals surface area contributed by atoms with E-state index in [1.165, 1.54) is 44.0 Å². The highest BCUT2D eigenvalue weighted by atomic mass is 32.2. The number of hydrazone groups is 1. The number of carbonyl (C=O) groups is 1. The summed E-state index contributed by atoms with van der Waals surface area (Å²) in [5.41, 5.74) is 13.7. The lowest BCUT2D eigenvalue weighted by molar-refractivity contribution is 0.0963. The Hall–Kier alpha value is -2.97. The van der Waals surface area contributed by atoms with Crippen LogP contribution in [-0.2, 0) is 5.41 Å². The average molecular weight is 564 g/mol. The van der Waals surface area contributed by atoms with Crippen molar-refractivity contribution in [3.05, 3.63) is 75.0 Å². The molecule has 8 heteroatoms. The zero-order chi connectivity index (χ0) is 29.0. The van der Waals surface area contributed by atoms with Gasteiger partial charge in [-0.05, 0) is 83.2 Å². The SMILES string of the molecule is Cc1cc(SC(CC(C)(C)C)c2ccc(C(=O)NC/C(N=N)=N/N)s2)cc(C)c1-c1ccc(C(C)(C)C)cc1. The van der Waals surface area contributed by atoms with Crippen LogP contribution in [0.25, 0.3) is 11.1 Å². The van der Waals surface area contributed by atoms with Crippen molar-refractivity contribution >= 4 is 34.8 Å². The molecule has 208 valence electrons. The minimum absolute atomic E-state index is 0.0239. The number of amidine groups is 1. The van der Waals surface area contributed by atoms with Gasteiger partial charge in [0.05, 0.1) is 11.4 Å². The molecule has 1 atom stereocenters. The number of nitrogens with two attached hydrogens (primary N) is 1. The summed E-state index contributed by atoms with van der Waals surface area (Å²) in [4.78, 5) is 15.7. The second kappa shape index (κ2) is 12.5. The van der Waals surface area contributed by atoms with E-state index in [9.17, 15) is 4.79 Å². The van der Waals surface area contributed by atoms with E-state index in [1.807, 2.05) is 17.8 Å². The first-order chi connectivity index (χ1) is 18.2. The zero-order valence-electron chi connectivity index (χ0n) is 24.3. The molecule has 1 heterocycles. The van der Waals surface area contributed by atoms with E-state index >= 15 is 0 Å². The van der Waals surface area contributed by atoms with Gasteiger partial charge in [-0.25, -0.2) is 5.53 Å². The Morgan fingerprint density at radius 1 is 1.03 bits per heavy atom. The van der Waals surface area contributed by atoms with Gasteiger partial charge in [0, 0.05) is 15.0 Å². The number of carbonyl (C=O) groups excluding carboxylic acids is 1. The minimum atomic E-state index is -0.218. The first-order valence-corrected chi connectivity index (χ1v) is 14.8. The van der Waals surface area contributed by atoms with E-state index in [0.29, 0.717) is 4.88 Å². The Bertz CT molecular complexity index is 1320.